The zero-order valence-corrected chi connectivity index (χ0v) is 12.2. The summed E-state index contributed by atoms with van der Waals surface area (Å²) in [6.45, 7) is 3.97. The Hall–Kier alpha value is -2.42. The van der Waals surface area contributed by atoms with Crippen molar-refractivity contribution in [3.8, 4) is 0 Å². The molecule has 3 nitrogen and oxygen atoms in total. The van der Waals surface area contributed by atoms with Gasteiger partial charge in [-0.2, -0.15) is 0 Å². The first-order valence-electron chi connectivity index (χ1n) is 7.12. The fraction of sp³-hybridized carbons (Fsp3) is 0.222. The van der Waals surface area contributed by atoms with E-state index in [1.807, 2.05) is 50.2 Å². The minimum atomic E-state index is -0.0125. The van der Waals surface area contributed by atoms with Crippen LogP contribution < -0.4 is 4.90 Å². The molecule has 1 amide bonds. The number of amides is 1. The maximum Gasteiger partial charge on any atom is 0.231 e. The summed E-state index contributed by atoms with van der Waals surface area (Å²) < 4.78 is 0. The van der Waals surface area contributed by atoms with E-state index >= 15 is 0 Å². The minimum Gasteiger partial charge on any atom is -0.309 e. The van der Waals surface area contributed by atoms with Gasteiger partial charge in [-0.15, -0.1) is 0 Å². The van der Waals surface area contributed by atoms with E-state index in [1.165, 1.54) is 0 Å². The third kappa shape index (κ3) is 2.35. The maximum atomic E-state index is 12.5. The smallest absolute Gasteiger partial charge is 0.231 e. The molecule has 106 valence electrons. The van der Waals surface area contributed by atoms with Crippen LogP contribution in [0.15, 0.2) is 48.5 Å². The van der Waals surface area contributed by atoms with Gasteiger partial charge in [-0.3, -0.25) is 9.59 Å². The van der Waals surface area contributed by atoms with E-state index in [9.17, 15) is 9.59 Å². The minimum absolute atomic E-state index is 0.0125. The summed E-state index contributed by atoms with van der Waals surface area (Å²) in [7, 11) is 0. The summed E-state index contributed by atoms with van der Waals surface area (Å²) in [5, 5.41) is 0. The Morgan fingerprint density at radius 1 is 1.05 bits per heavy atom. The van der Waals surface area contributed by atoms with Gasteiger partial charge in [0.15, 0.2) is 5.78 Å². The molecule has 0 radical (unpaired) electrons. The second kappa shape index (κ2) is 5.17. The Kier molecular flexibility index (Phi) is 3.34. The van der Waals surface area contributed by atoms with Gasteiger partial charge in [-0.25, -0.2) is 0 Å². The van der Waals surface area contributed by atoms with Crippen molar-refractivity contribution < 1.29 is 9.59 Å². The Balaban J connectivity index is 2.01. The molecule has 0 spiro atoms. The molecule has 1 aliphatic heterocycles. The van der Waals surface area contributed by atoms with Crippen LogP contribution in [0, 0.1) is 0 Å². The first-order chi connectivity index (χ1) is 10.1. The predicted octanol–water partition coefficient (Wildman–Crippen LogP) is 3.22. The van der Waals surface area contributed by atoms with E-state index < -0.39 is 0 Å². The number of anilines is 1. The number of ketones is 1. The van der Waals surface area contributed by atoms with Crippen molar-refractivity contribution in [1.82, 2.24) is 0 Å². The summed E-state index contributed by atoms with van der Waals surface area (Å²) in [6.07, 6.45) is 0.424. The SMILES string of the molecule is CC(C)N1C(=O)Cc2ccc(C(=O)c3ccccc3)cc21. The number of fused-ring (bicyclic) bond motifs is 1. The Labute approximate surface area is 124 Å². The average Bonchev–Trinajstić information content (AvgIpc) is 2.82. The van der Waals surface area contributed by atoms with E-state index in [2.05, 4.69) is 0 Å². The highest BCUT2D eigenvalue weighted by Crippen LogP contribution is 2.32. The van der Waals surface area contributed by atoms with Crippen LogP contribution >= 0.6 is 0 Å². The van der Waals surface area contributed by atoms with Crippen LogP contribution in [0.4, 0.5) is 5.69 Å². The molecule has 3 heteroatoms. The van der Waals surface area contributed by atoms with Gasteiger partial charge in [0.2, 0.25) is 5.91 Å². The molecule has 0 aliphatic carbocycles. The zero-order chi connectivity index (χ0) is 15.0. The lowest BCUT2D eigenvalue weighted by atomic mass is 10.0. The van der Waals surface area contributed by atoms with E-state index in [4.69, 9.17) is 0 Å². The van der Waals surface area contributed by atoms with Crippen LogP contribution in [0.5, 0.6) is 0 Å². The molecule has 3 rings (SSSR count). The Bertz CT molecular complexity index is 704. The molecule has 0 saturated carbocycles. The molecule has 2 aromatic carbocycles. The van der Waals surface area contributed by atoms with Crippen LogP contribution in [0.2, 0.25) is 0 Å². The lowest BCUT2D eigenvalue weighted by Gasteiger charge is -2.22. The second-order valence-electron chi connectivity index (χ2n) is 5.57. The van der Waals surface area contributed by atoms with Gasteiger partial charge in [0, 0.05) is 22.9 Å². The number of hydrogen-bond acceptors (Lipinski definition) is 2. The standard InChI is InChI=1S/C18H17NO2/c1-12(2)19-16-10-15(9-8-14(16)11-17(19)20)18(21)13-6-4-3-5-7-13/h3-10,12H,11H2,1-2H3. The fourth-order valence-corrected chi connectivity index (χ4v) is 2.78. The highest BCUT2D eigenvalue weighted by atomic mass is 16.2. The molecular formula is C18H17NO2. The molecule has 0 fully saturated rings. The lowest BCUT2D eigenvalue weighted by Crippen LogP contribution is -2.33. The number of nitrogens with zero attached hydrogens (tertiary/aromatic N) is 1. The van der Waals surface area contributed by atoms with Gasteiger partial charge in [-0.05, 0) is 25.5 Å². The second-order valence-corrected chi connectivity index (χ2v) is 5.57. The van der Waals surface area contributed by atoms with Crippen LogP contribution in [0.25, 0.3) is 0 Å². The van der Waals surface area contributed by atoms with Crippen molar-refractivity contribution in [3.63, 3.8) is 0 Å². The van der Waals surface area contributed by atoms with Crippen LogP contribution in [-0.2, 0) is 11.2 Å². The van der Waals surface area contributed by atoms with Gasteiger partial charge in [0.25, 0.3) is 0 Å². The summed E-state index contributed by atoms with van der Waals surface area (Å²) >= 11 is 0. The van der Waals surface area contributed by atoms with Crippen LogP contribution in [-0.4, -0.2) is 17.7 Å². The van der Waals surface area contributed by atoms with Crippen molar-refractivity contribution in [2.45, 2.75) is 26.3 Å². The molecule has 0 bridgehead atoms. The van der Waals surface area contributed by atoms with Crippen molar-refractivity contribution >= 4 is 17.4 Å². The molecule has 1 heterocycles. The zero-order valence-electron chi connectivity index (χ0n) is 12.2. The van der Waals surface area contributed by atoms with Crippen molar-refractivity contribution in [2.75, 3.05) is 4.90 Å². The molecule has 0 unspecified atom stereocenters. The quantitative estimate of drug-likeness (QED) is 0.809. The highest BCUT2D eigenvalue weighted by molar-refractivity contribution is 6.11. The normalized spacial score (nSPS) is 13.7. The van der Waals surface area contributed by atoms with Crippen molar-refractivity contribution in [2.24, 2.45) is 0 Å². The summed E-state index contributed by atoms with van der Waals surface area (Å²) in [4.78, 5) is 26.3. The van der Waals surface area contributed by atoms with E-state index in [0.717, 1.165) is 11.3 Å². The first kappa shape index (κ1) is 13.6. The maximum absolute atomic E-state index is 12.5. The largest absolute Gasteiger partial charge is 0.309 e. The molecule has 0 N–H and O–H groups in total. The number of hydrogen-bond donors (Lipinski definition) is 0. The molecule has 2 aromatic rings. The van der Waals surface area contributed by atoms with E-state index in [0.29, 0.717) is 17.5 Å². The lowest BCUT2D eigenvalue weighted by molar-refractivity contribution is -0.117. The predicted molar refractivity (Wildman–Crippen MR) is 82.6 cm³/mol. The van der Waals surface area contributed by atoms with E-state index in [-0.39, 0.29) is 17.7 Å². The van der Waals surface area contributed by atoms with Crippen LogP contribution in [0.1, 0.15) is 35.3 Å². The molecule has 0 saturated heterocycles. The Morgan fingerprint density at radius 2 is 1.76 bits per heavy atom. The molecular weight excluding hydrogens is 262 g/mol. The third-order valence-electron chi connectivity index (χ3n) is 3.77. The summed E-state index contributed by atoms with van der Waals surface area (Å²) in [5.41, 5.74) is 3.16. The molecule has 0 aromatic heterocycles. The molecule has 0 atom stereocenters. The van der Waals surface area contributed by atoms with E-state index in [1.54, 1.807) is 17.0 Å². The third-order valence-corrected chi connectivity index (χ3v) is 3.77. The molecule has 1 aliphatic rings. The van der Waals surface area contributed by atoms with Gasteiger partial charge in [0.1, 0.15) is 0 Å². The highest BCUT2D eigenvalue weighted by Gasteiger charge is 2.29. The number of benzene rings is 2. The number of carbonyl (C=O) groups is 2. The Morgan fingerprint density at radius 3 is 2.43 bits per heavy atom. The summed E-state index contributed by atoms with van der Waals surface area (Å²) in [5.74, 6) is 0.0887. The van der Waals surface area contributed by atoms with Gasteiger partial charge >= 0.3 is 0 Å². The first-order valence-corrected chi connectivity index (χ1v) is 7.12. The average molecular weight is 279 g/mol. The van der Waals surface area contributed by atoms with Crippen molar-refractivity contribution in [1.29, 1.82) is 0 Å². The van der Waals surface area contributed by atoms with Gasteiger partial charge in [-0.1, -0.05) is 42.5 Å². The summed E-state index contributed by atoms with van der Waals surface area (Å²) in [6, 6.07) is 14.9. The van der Waals surface area contributed by atoms with Gasteiger partial charge < -0.3 is 4.90 Å². The fourth-order valence-electron chi connectivity index (χ4n) is 2.78. The van der Waals surface area contributed by atoms with Crippen LogP contribution in [0.3, 0.4) is 0 Å². The number of rotatable bonds is 3. The monoisotopic (exact) mass is 279 g/mol. The van der Waals surface area contributed by atoms with Gasteiger partial charge in [0.05, 0.1) is 6.42 Å². The number of carbonyl (C=O) groups excluding carboxylic acids is 2. The topological polar surface area (TPSA) is 37.4 Å². The van der Waals surface area contributed by atoms with Crippen molar-refractivity contribution in [3.05, 3.63) is 65.2 Å². The molecule has 21 heavy (non-hydrogen) atoms.